The third-order valence-electron chi connectivity index (χ3n) is 8.14. The molecule has 1 aliphatic rings. The van der Waals surface area contributed by atoms with Crippen LogP contribution in [0.4, 0.5) is 8.78 Å². The van der Waals surface area contributed by atoms with Crippen molar-refractivity contribution < 1.29 is 13.2 Å². The number of rotatable bonds is 7. The van der Waals surface area contributed by atoms with Crippen molar-refractivity contribution in [1.82, 2.24) is 19.5 Å². The molecule has 0 saturated carbocycles. The third kappa shape index (κ3) is 5.06. The van der Waals surface area contributed by atoms with Crippen molar-refractivity contribution >= 4 is 69.2 Å². The molecular weight excluding hydrogens is 669 g/mol. The summed E-state index contributed by atoms with van der Waals surface area (Å²) in [6.45, 7) is 6.98. The van der Waals surface area contributed by atoms with Gasteiger partial charge in [0.15, 0.2) is 0 Å². The zero-order valence-electron chi connectivity index (χ0n) is 23.9. The number of fused-ring (bicyclic) bond motifs is 1. The molecule has 1 aliphatic heterocycles. The Labute approximate surface area is 268 Å². The summed E-state index contributed by atoms with van der Waals surface area (Å²) in [4.78, 5) is 11.9. The van der Waals surface area contributed by atoms with Gasteiger partial charge >= 0.3 is 270 Å². The van der Waals surface area contributed by atoms with Crippen molar-refractivity contribution in [2.75, 3.05) is 6.61 Å². The van der Waals surface area contributed by atoms with Crippen molar-refractivity contribution in [3.05, 3.63) is 114 Å². The van der Waals surface area contributed by atoms with E-state index in [1.807, 2.05) is 54.6 Å². The normalized spacial score (nSPS) is 22.7. The summed E-state index contributed by atoms with van der Waals surface area (Å²) in [5, 5.41) is 1.72. The van der Waals surface area contributed by atoms with Crippen molar-refractivity contribution in [3.63, 3.8) is 0 Å². The summed E-state index contributed by atoms with van der Waals surface area (Å²) in [5.74, 6) is 0. The fourth-order valence-electron chi connectivity index (χ4n) is 6.21. The van der Waals surface area contributed by atoms with E-state index in [-0.39, 0.29) is 33.0 Å². The number of benzene rings is 3. The van der Waals surface area contributed by atoms with Crippen LogP contribution in [0.1, 0.15) is 32.8 Å². The predicted octanol–water partition coefficient (Wildman–Crippen LogP) is 6.08. The van der Waals surface area contributed by atoms with E-state index in [1.165, 1.54) is 18.1 Å². The zero-order valence-corrected chi connectivity index (χ0v) is 28.4. The first-order chi connectivity index (χ1) is 20.5. The molecule has 3 heterocycles. The Hall–Kier alpha value is -2.59. The van der Waals surface area contributed by atoms with Gasteiger partial charge in [0.05, 0.1) is 0 Å². The van der Waals surface area contributed by atoms with Crippen LogP contribution in [0.2, 0.25) is 10.2 Å². The second kappa shape index (κ2) is 11.4. The molecule has 222 valence electrons. The standard InChI is InChI=1S/C32H31ClF2N4OSSeSi/c1-30(2,3)43(24-15-9-5-10-16-24,25-17-11-6-12-18-25)40-20-23-19-31(35,22-13-7-4-8-14-22)32(42,41-23)39-21-36-26-27(33)37-29(34)38-28(26)39/h4-18,21,23,42H,19-20H2,1-3H3/t23-,31+,32+/m1/s1. The number of thioether (sulfide) groups is 1. The molecule has 1 fully saturated rings. The third-order valence-corrected chi connectivity index (χ3v) is 16.8. The van der Waals surface area contributed by atoms with Gasteiger partial charge in [-0.05, 0) is 0 Å². The number of hydrogen-bond acceptors (Lipinski definition) is 5. The van der Waals surface area contributed by atoms with E-state index in [4.69, 9.17) is 16.0 Å². The first-order valence-electron chi connectivity index (χ1n) is 14.0. The molecule has 0 spiro atoms. The Morgan fingerprint density at radius 1 is 0.977 bits per heavy atom. The second-order valence-corrected chi connectivity index (χ2v) is 19.9. The molecule has 11 heteroatoms. The van der Waals surface area contributed by atoms with Crippen LogP contribution in [-0.2, 0) is 13.9 Å². The van der Waals surface area contributed by atoms with Crippen LogP contribution >= 0.6 is 23.4 Å². The molecule has 6 rings (SSSR count). The Morgan fingerprint density at radius 2 is 1.53 bits per heavy atom. The minimum absolute atomic E-state index is 0.115. The van der Waals surface area contributed by atoms with Crippen LogP contribution in [-0.4, -0.2) is 55.7 Å². The molecule has 3 atom stereocenters. The summed E-state index contributed by atoms with van der Waals surface area (Å²) in [7, 11) is -2.86. The molecule has 0 radical (unpaired) electrons. The monoisotopic (exact) mass is 700 g/mol. The van der Waals surface area contributed by atoms with Gasteiger partial charge < -0.3 is 0 Å². The Morgan fingerprint density at radius 3 is 2.09 bits per heavy atom. The summed E-state index contributed by atoms with van der Waals surface area (Å²) in [6, 6.07) is 29.9. The van der Waals surface area contributed by atoms with E-state index < -0.39 is 23.8 Å². The molecular formula is C32H31ClF2N4OSSeSi. The van der Waals surface area contributed by atoms with Crippen LogP contribution in [0.15, 0.2) is 97.3 Å². The van der Waals surface area contributed by atoms with E-state index in [2.05, 4.69) is 76.0 Å². The van der Waals surface area contributed by atoms with Gasteiger partial charge in [0.25, 0.3) is 0 Å². The quantitative estimate of drug-likeness (QED) is 0.117. The summed E-state index contributed by atoms with van der Waals surface area (Å²) < 4.78 is 39.7. The molecule has 3 aromatic carbocycles. The maximum atomic E-state index is 17.8. The van der Waals surface area contributed by atoms with Crippen LogP contribution in [0.3, 0.4) is 0 Å². The Kier molecular flexibility index (Phi) is 8.07. The van der Waals surface area contributed by atoms with E-state index in [9.17, 15) is 4.39 Å². The topological polar surface area (TPSA) is 52.8 Å². The predicted molar refractivity (Wildman–Crippen MR) is 174 cm³/mol. The molecule has 0 N–H and O–H groups in total. The van der Waals surface area contributed by atoms with Crippen LogP contribution < -0.4 is 10.4 Å². The van der Waals surface area contributed by atoms with Crippen LogP contribution in [0.25, 0.3) is 11.2 Å². The SMILES string of the molecule is CC(C)(C)[Si](OC[C@H]1C[C@](F)(c2ccccc2)[C@]([SeH])(n2cnc3c(Cl)nc(F)nc32)S1)(c1ccccc1)c1ccccc1. The van der Waals surface area contributed by atoms with Gasteiger partial charge in [0, 0.05) is 0 Å². The number of nitrogens with zero attached hydrogens (tertiary/aromatic N) is 4. The van der Waals surface area contributed by atoms with Gasteiger partial charge in [-0.1, -0.05) is 0 Å². The van der Waals surface area contributed by atoms with Crippen molar-refractivity contribution in [3.8, 4) is 0 Å². The van der Waals surface area contributed by atoms with Gasteiger partial charge in [0.1, 0.15) is 0 Å². The second-order valence-electron chi connectivity index (χ2n) is 11.8. The molecule has 0 unspecified atom stereocenters. The zero-order chi connectivity index (χ0) is 30.5. The molecule has 0 bridgehead atoms. The number of halogens is 3. The minimum atomic E-state index is -2.86. The van der Waals surface area contributed by atoms with Crippen LogP contribution in [0, 0.1) is 6.08 Å². The van der Waals surface area contributed by atoms with Crippen molar-refractivity contribution in [1.29, 1.82) is 0 Å². The Balaban J connectivity index is 1.44. The number of hydrogen-bond donors (Lipinski definition) is 0. The average molecular weight is 700 g/mol. The van der Waals surface area contributed by atoms with Gasteiger partial charge in [-0.25, -0.2) is 0 Å². The van der Waals surface area contributed by atoms with E-state index in [1.54, 1.807) is 16.7 Å². The van der Waals surface area contributed by atoms with Gasteiger partial charge in [-0.3, -0.25) is 0 Å². The van der Waals surface area contributed by atoms with Gasteiger partial charge in [0.2, 0.25) is 0 Å². The van der Waals surface area contributed by atoms with Gasteiger partial charge in [-0.2, -0.15) is 0 Å². The molecule has 0 amide bonds. The molecule has 0 aliphatic carbocycles. The van der Waals surface area contributed by atoms with Gasteiger partial charge in [-0.15, -0.1) is 0 Å². The first kappa shape index (κ1) is 30.4. The summed E-state index contributed by atoms with van der Waals surface area (Å²) in [6.07, 6.45) is 0.642. The number of aromatic nitrogens is 4. The van der Waals surface area contributed by atoms with E-state index in [0.717, 1.165) is 10.4 Å². The molecule has 43 heavy (non-hydrogen) atoms. The Bertz CT molecular complexity index is 1710. The summed E-state index contributed by atoms with van der Waals surface area (Å²) in [5.41, 5.74) is -1.02. The maximum absolute atomic E-state index is 17.8. The fraction of sp³-hybridized carbons (Fsp3) is 0.281. The average Bonchev–Trinajstić information content (AvgIpc) is 3.54. The molecule has 5 aromatic rings. The fourth-order valence-corrected chi connectivity index (χ4v) is 14.4. The molecule has 2 aromatic heterocycles. The number of alkyl halides is 1. The van der Waals surface area contributed by atoms with Crippen molar-refractivity contribution in [2.24, 2.45) is 0 Å². The summed E-state index contributed by atoms with van der Waals surface area (Å²) >= 11 is 10.1. The van der Waals surface area contributed by atoms with Crippen molar-refractivity contribution in [2.45, 2.75) is 46.9 Å². The van der Waals surface area contributed by atoms with E-state index >= 15 is 4.39 Å². The molecule has 5 nitrogen and oxygen atoms in total. The van der Waals surface area contributed by atoms with E-state index in [0.29, 0.717) is 12.2 Å². The number of imidazole rings is 1. The van der Waals surface area contributed by atoms with Crippen LogP contribution in [0.5, 0.6) is 0 Å². The molecule has 1 saturated heterocycles. The first-order valence-corrected chi connectivity index (χ1v) is 18.1.